The smallest absolute Gasteiger partial charge is 0.342 e. The lowest BCUT2D eigenvalue weighted by Crippen LogP contribution is -2.33. The van der Waals surface area contributed by atoms with Crippen LogP contribution in [0.4, 0.5) is 0 Å². The van der Waals surface area contributed by atoms with Crippen molar-refractivity contribution in [3.8, 4) is 17.2 Å². The van der Waals surface area contributed by atoms with Gasteiger partial charge in [0, 0.05) is 18.7 Å². The lowest BCUT2D eigenvalue weighted by atomic mass is 9.89. The first kappa shape index (κ1) is 19.9. The summed E-state index contributed by atoms with van der Waals surface area (Å²) in [5.41, 5.74) is 0.172. The summed E-state index contributed by atoms with van der Waals surface area (Å²) >= 11 is 0. The summed E-state index contributed by atoms with van der Waals surface area (Å²) < 4.78 is 20.7. The maximum atomic E-state index is 12.3. The topological polar surface area (TPSA) is 83.1 Å². The molecule has 0 aliphatic heterocycles. The molecule has 0 unspecified atom stereocenters. The van der Waals surface area contributed by atoms with E-state index in [0.717, 1.165) is 12.8 Å². The number of hydrogen-bond donors (Lipinski definition) is 1. The number of carbonyl (C=O) groups is 2. The molecule has 1 aliphatic carbocycles. The number of esters is 1. The van der Waals surface area contributed by atoms with Gasteiger partial charge in [0.1, 0.15) is 11.3 Å². The van der Waals surface area contributed by atoms with Gasteiger partial charge < -0.3 is 24.3 Å². The van der Waals surface area contributed by atoms with E-state index in [1.54, 1.807) is 6.07 Å². The number of hydrogen-bond acceptors (Lipinski definition) is 6. The lowest BCUT2D eigenvalue weighted by molar-refractivity contribution is -0.124. The van der Waals surface area contributed by atoms with Crippen molar-refractivity contribution < 1.29 is 28.5 Å². The third-order valence-corrected chi connectivity index (χ3v) is 4.57. The molecule has 1 aromatic carbocycles. The van der Waals surface area contributed by atoms with Gasteiger partial charge >= 0.3 is 5.97 Å². The number of methoxy groups -OCH3 is 3. The van der Waals surface area contributed by atoms with E-state index in [4.69, 9.17) is 18.9 Å². The van der Waals surface area contributed by atoms with Gasteiger partial charge in [-0.3, -0.25) is 4.79 Å². The molecule has 0 bridgehead atoms. The average Bonchev–Trinajstić information content (AvgIpc) is 2.69. The Morgan fingerprint density at radius 2 is 1.58 bits per heavy atom. The zero-order valence-corrected chi connectivity index (χ0v) is 15.6. The van der Waals surface area contributed by atoms with Crippen LogP contribution in [0, 0.1) is 5.92 Å². The van der Waals surface area contributed by atoms with Crippen LogP contribution in [0.2, 0.25) is 0 Å². The molecule has 0 atom stereocenters. The number of rotatable bonds is 8. The second-order valence-electron chi connectivity index (χ2n) is 6.29. The molecule has 1 saturated carbocycles. The Kier molecular flexibility index (Phi) is 7.56. The molecule has 1 amide bonds. The van der Waals surface area contributed by atoms with Gasteiger partial charge in [-0.2, -0.15) is 0 Å². The van der Waals surface area contributed by atoms with E-state index < -0.39 is 5.97 Å². The maximum absolute atomic E-state index is 12.3. The van der Waals surface area contributed by atoms with Gasteiger partial charge in [0.05, 0.1) is 21.3 Å². The van der Waals surface area contributed by atoms with E-state index in [2.05, 4.69) is 5.32 Å². The van der Waals surface area contributed by atoms with E-state index in [1.165, 1.54) is 46.7 Å². The highest BCUT2D eigenvalue weighted by atomic mass is 16.5. The summed E-state index contributed by atoms with van der Waals surface area (Å²) in [6.07, 6.45) is 5.99. The first-order valence-electron chi connectivity index (χ1n) is 8.82. The minimum Gasteiger partial charge on any atom is -0.496 e. The second-order valence-corrected chi connectivity index (χ2v) is 6.29. The molecule has 0 spiro atoms. The molecule has 1 N–H and O–H groups in total. The predicted octanol–water partition coefficient (Wildman–Crippen LogP) is 2.57. The van der Waals surface area contributed by atoms with E-state index in [1.807, 2.05) is 0 Å². The van der Waals surface area contributed by atoms with Crippen LogP contribution in [-0.2, 0) is 9.53 Å². The highest BCUT2D eigenvalue weighted by molar-refractivity contribution is 5.95. The molecule has 144 valence electrons. The fourth-order valence-corrected chi connectivity index (χ4v) is 3.10. The highest BCUT2D eigenvalue weighted by Gasteiger charge is 2.20. The molecule has 7 nitrogen and oxygen atoms in total. The Morgan fingerprint density at radius 1 is 0.962 bits per heavy atom. The van der Waals surface area contributed by atoms with E-state index in [-0.39, 0.29) is 23.8 Å². The molecule has 0 radical (unpaired) electrons. The van der Waals surface area contributed by atoms with Gasteiger partial charge in [0.2, 0.25) is 0 Å². The monoisotopic (exact) mass is 365 g/mol. The molecule has 0 heterocycles. The van der Waals surface area contributed by atoms with Crippen LogP contribution in [-0.4, -0.2) is 46.4 Å². The molecule has 1 fully saturated rings. The Balaban J connectivity index is 1.91. The largest absolute Gasteiger partial charge is 0.496 e. The van der Waals surface area contributed by atoms with Crippen molar-refractivity contribution in [1.29, 1.82) is 0 Å². The minimum atomic E-state index is -0.657. The highest BCUT2D eigenvalue weighted by Crippen LogP contribution is 2.34. The molecule has 26 heavy (non-hydrogen) atoms. The summed E-state index contributed by atoms with van der Waals surface area (Å²) in [4.78, 5) is 24.3. The van der Waals surface area contributed by atoms with Crippen LogP contribution < -0.4 is 19.5 Å². The number of nitrogens with one attached hydrogen (secondary N) is 1. The van der Waals surface area contributed by atoms with Gasteiger partial charge in [-0.05, 0) is 18.8 Å². The van der Waals surface area contributed by atoms with Gasteiger partial charge in [-0.25, -0.2) is 4.79 Å². The quantitative estimate of drug-likeness (QED) is 0.713. The van der Waals surface area contributed by atoms with Crippen LogP contribution in [0.15, 0.2) is 12.1 Å². The van der Waals surface area contributed by atoms with Crippen LogP contribution in [0.3, 0.4) is 0 Å². The molecular weight excluding hydrogens is 338 g/mol. The zero-order chi connectivity index (χ0) is 18.9. The van der Waals surface area contributed by atoms with Crippen molar-refractivity contribution >= 4 is 11.9 Å². The first-order valence-corrected chi connectivity index (χ1v) is 8.82. The third kappa shape index (κ3) is 5.28. The molecule has 0 saturated heterocycles. The van der Waals surface area contributed by atoms with Crippen molar-refractivity contribution in [2.24, 2.45) is 5.92 Å². The van der Waals surface area contributed by atoms with Crippen LogP contribution in [0.1, 0.15) is 42.5 Å². The number of ether oxygens (including phenoxy) is 4. The van der Waals surface area contributed by atoms with Gasteiger partial charge in [0.25, 0.3) is 5.91 Å². The maximum Gasteiger partial charge on any atom is 0.342 e. The van der Waals surface area contributed by atoms with Crippen LogP contribution >= 0.6 is 0 Å². The third-order valence-electron chi connectivity index (χ3n) is 4.57. The number of amides is 1. The second kappa shape index (κ2) is 9.89. The number of carbonyl (C=O) groups excluding carboxylic acids is 2. The summed E-state index contributed by atoms with van der Waals surface area (Å²) in [6.45, 7) is 0.305. The van der Waals surface area contributed by atoms with Gasteiger partial charge in [0.15, 0.2) is 18.1 Å². The standard InChI is InChI=1S/C19H27NO6/c1-23-15-10-17(25-3)16(24-2)9-14(15)19(22)26-12-18(21)20-11-13-7-5-4-6-8-13/h9-10,13H,4-8,11-12H2,1-3H3,(H,20,21). The van der Waals surface area contributed by atoms with Crippen molar-refractivity contribution in [1.82, 2.24) is 5.32 Å². The van der Waals surface area contributed by atoms with Crippen molar-refractivity contribution in [3.05, 3.63) is 17.7 Å². The molecular formula is C19H27NO6. The molecule has 1 aliphatic rings. The summed E-state index contributed by atoms with van der Waals surface area (Å²) in [7, 11) is 4.40. The fraction of sp³-hybridized carbons (Fsp3) is 0.579. The van der Waals surface area contributed by atoms with Crippen LogP contribution in [0.5, 0.6) is 17.2 Å². The Hall–Kier alpha value is -2.44. The van der Waals surface area contributed by atoms with E-state index in [0.29, 0.717) is 24.0 Å². The SMILES string of the molecule is COc1cc(OC)c(C(=O)OCC(=O)NCC2CCCCC2)cc1OC. The normalized spacial score (nSPS) is 14.4. The zero-order valence-electron chi connectivity index (χ0n) is 15.6. The minimum absolute atomic E-state index is 0.172. The Morgan fingerprint density at radius 3 is 2.19 bits per heavy atom. The van der Waals surface area contributed by atoms with Crippen molar-refractivity contribution in [2.45, 2.75) is 32.1 Å². The van der Waals surface area contributed by atoms with E-state index >= 15 is 0 Å². The fourth-order valence-electron chi connectivity index (χ4n) is 3.10. The van der Waals surface area contributed by atoms with Crippen molar-refractivity contribution in [3.63, 3.8) is 0 Å². The Labute approximate surface area is 153 Å². The molecule has 7 heteroatoms. The number of benzene rings is 1. The summed E-state index contributed by atoms with van der Waals surface area (Å²) in [5.74, 6) is 0.664. The van der Waals surface area contributed by atoms with Crippen molar-refractivity contribution in [2.75, 3.05) is 34.5 Å². The molecule has 2 rings (SSSR count). The summed E-state index contributed by atoms with van der Waals surface area (Å²) in [6, 6.07) is 3.01. The van der Waals surface area contributed by atoms with Crippen LogP contribution in [0.25, 0.3) is 0 Å². The Bertz CT molecular complexity index is 625. The van der Waals surface area contributed by atoms with Gasteiger partial charge in [-0.1, -0.05) is 19.3 Å². The summed E-state index contributed by atoms with van der Waals surface area (Å²) in [5, 5.41) is 2.84. The van der Waals surface area contributed by atoms with E-state index in [9.17, 15) is 9.59 Å². The molecule has 0 aromatic heterocycles. The lowest BCUT2D eigenvalue weighted by Gasteiger charge is -2.21. The average molecular weight is 365 g/mol. The first-order chi connectivity index (χ1) is 12.6. The predicted molar refractivity (Wildman–Crippen MR) is 96.0 cm³/mol. The molecule has 1 aromatic rings. The van der Waals surface area contributed by atoms with Gasteiger partial charge in [-0.15, -0.1) is 0 Å².